The van der Waals surface area contributed by atoms with Gasteiger partial charge in [-0.3, -0.25) is 4.90 Å². The molecule has 1 aliphatic carbocycles. The highest BCUT2D eigenvalue weighted by Gasteiger charge is 2.31. The van der Waals surface area contributed by atoms with Gasteiger partial charge in [-0.05, 0) is 74.8 Å². The van der Waals surface area contributed by atoms with E-state index in [9.17, 15) is 5.11 Å². The van der Waals surface area contributed by atoms with Crippen molar-refractivity contribution in [2.24, 2.45) is 11.8 Å². The molecule has 1 aromatic carbocycles. The van der Waals surface area contributed by atoms with Crippen molar-refractivity contribution in [2.45, 2.75) is 89.9 Å². The second kappa shape index (κ2) is 9.87. The Labute approximate surface area is 194 Å². The number of rotatable bonds is 5. The SMILES string of the molecule is CC(C)C1CCC(N2CCC(n3cc(CN4CCC(O)CC4)c4ccccc43)CC2)CC1. The summed E-state index contributed by atoms with van der Waals surface area (Å²) in [6, 6.07) is 10.5. The molecule has 4 heteroatoms. The number of aliphatic hydroxyl groups is 1. The molecule has 32 heavy (non-hydrogen) atoms. The van der Waals surface area contributed by atoms with Crippen LogP contribution in [0, 0.1) is 11.8 Å². The van der Waals surface area contributed by atoms with Crippen molar-refractivity contribution in [2.75, 3.05) is 26.2 Å². The fourth-order valence-electron chi connectivity index (χ4n) is 6.69. The minimum atomic E-state index is -0.0989. The molecule has 0 amide bonds. The van der Waals surface area contributed by atoms with Gasteiger partial charge in [-0.25, -0.2) is 0 Å². The molecule has 176 valence electrons. The summed E-state index contributed by atoms with van der Waals surface area (Å²) in [5.74, 6) is 1.81. The Bertz CT molecular complexity index is 866. The van der Waals surface area contributed by atoms with E-state index in [0.29, 0.717) is 6.04 Å². The molecule has 0 unspecified atom stereocenters. The Balaban J connectivity index is 1.24. The zero-order valence-corrected chi connectivity index (χ0v) is 20.3. The number of para-hydroxylation sites is 1. The van der Waals surface area contributed by atoms with Gasteiger partial charge >= 0.3 is 0 Å². The predicted molar refractivity (Wildman–Crippen MR) is 133 cm³/mol. The van der Waals surface area contributed by atoms with Crippen molar-refractivity contribution in [3.8, 4) is 0 Å². The van der Waals surface area contributed by atoms with E-state index in [0.717, 1.165) is 50.4 Å². The van der Waals surface area contributed by atoms with Crippen LogP contribution in [0.5, 0.6) is 0 Å². The van der Waals surface area contributed by atoms with Crippen LogP contribution in [0.15, 0.2) is 30.5 Å². The molecule has 1 saturated carbocycles. The quantitative estimate of drug-likeness (QED) is 0.675. The van der Waals surface area contributed by atoms with E-state index in [-0.39, 0.29) is 6.10 Å². The number of piperidine rings is 2. The summed E-state index contributed by atoms with van der Waals surface area (Å²) in [5.41, 5.74) is 2.88. The lowest BCUT2D eigenvalue weighted by molar-refractivity contribution is 0.0792. The zero-order valence-electron chi connectivity index (χ0n) is 20.3. The number of benzene rings is 1. The van der Waals surface area contributed by atoms with Gasteiger partial charge in [0, 0.05) is 61.9 Å². The van der Waals surface area contributed by atoms with Crippen molar-refractivity contribution in [3.63, 3.8) is 0 Å². The summed E-state index contributed by atoms with van der Waals surface area (Å²) in [6.07, 6.45) is 12.4. The molecule has 3 aliphatic rings. The van der Waals surface area contributed by atoms with Gasteiger partial charge < -0.3 is 14.6 Å². The summed E-state index contributed by atoms with van der Waals surface area (Å²) < 4.78 is 2.61. The molecule has 2 saturated heterocycles. The highest BCUT2D eigenvalue weighted by Crippen LogP contribution is 2.36. The van der Waals surface area contributed by atoms with Crippen molar-refractivity contribution in [1.29, 1.82) is 0 Å². The topological polar surface area (TPSA) is 31.6 Å². The maximum Gasteiger partial charge on any atom is 0.0564 e. The highest BCUT2D eigenvalue weighted by molar-refractivity contribution is 5.84. The summed E-state index contributed by atoms with van der Waals surface area (Å²) in [5, 5.41) is 11.3. The molecule has 1 N–H and O–H groups in total. The van der Waals surface area contributed by atoms with Crippen LogP contribution in [-0.2, 0) is 6.54 Å². The molecule has 3 heterocycles. The number of fused-ring (bicyclic) bond motifs is 1. The molecule has 5 rings (SSSR count). The maximum atomic E-state index is 9.86. The van der Waals surface area contributed by atoms with E-state index in [1.807, 2.05) is 0 Å². The average molecular weight is 438 g/mol. The molecule has 3 fully saturated rings. The first kappa shape index (κ1) is 22.4. The van der Waals surface area contributed by atoms with Crippen molar-refractivity contribution >= 4 is 10.9 Å². The average Bonchev–Trinajstić information content (AvgIpc) is 3.19. The van der Waals surface area contributed by atoms with Gasteiger partial charge in [0.25, 0.3) is 0 Å². The van der Waals surface area contributed by atoms with Crippen LogP contribution in [0.4, 0.5) is 0 Å². The molecular formula is C28H43N3O. The third-order valence-corrected chi connectivity index (χ3v) is 8.87. The Kier molecular flexibility index (Phi) is 6.92. The van der Waals surface area contributed by atoms with Crippen molar-refractivity contribution in [3.05, 3.63) is 36.0 Å². The van der Waals surface area contributed by atoms with Gasteiger partial charge in [-0.15, -0.1) is 0 Å². The zero-order chi connectivity index (χ0) is 22.1. The van der Waals surface area contributed by atoms with E-state index in [2.05, 4.69) is 58.7 Å². The number of hydrogen-bond acceptors (Lipinski definition) is 3. The Morgan fingerprint density at radius 3 is 2.22 bits per heavy atom. The number of nitrogens with zero attached hydrogens (tertiary/aromatic N) is 3. The molecule has 4 nitrogen and oxygen atoms in total. The number of likely N-dealkylation sites (tertiary alicyclic amines) is 2. The van der Waals surface area contributed by atoms with Gasteiger partial charge in [0.1, 0.15) is 0 Å². The highest BCUT2D eigenvalue weighted by atomic mass is 16.3. The second-order valence-corrected chi connectivity index (χ2v) is 11.2. The maximum absolute atomic E-state index is 9.86. The van der Waals surface area contributed by atoms with E-state index >= 15 is 0 Å². The molecule has 0 bridgehead atoms. The molecule has 0 radical (unpaired) electrons. The molecule has 0 atom stereocenters. The largest absolute Gasteiger partial charge is 0.393 e. The fourth-order valence-corrected chi connectivity index (χ4v) is 6.69. The first-order chi connectivity index (χ1) is 15.6. The number of aliphatic hydroxyl groups excluding tert-OH is 1. The fraction of sp³-hybridized carbons (Fsp3) is 0.714. The molecular weight excluding hydrogens is 394 g/mol. The van der Waals surface area contributed by atoms with Crippen molar-refractivity contribution < 1.29 is 5.11 Å². The smallest absolute Gasteiger partial charge is 0.0564 e. The van der Waals surface area contributed by atoms with Gasteiger partial charge in [0.2, 0.25) is 0 Å². The second-order valence-electron chi connectivity index (χ2n) is 11.2. The van der Waals surface area contributed by atoms with Gasteiger partial charge in [-0.1, -0.05) is 32.0 Å². The first-order valence-corrected chi connectivity index (χ1v) is 13.3. The summed E-state index contributed by atoms with van der Waals surface area (Å²) in [4.78, 5) is 5.34. The van der Waals surface area contributed by atoms with Crippen LogP contribution in [0.25, 0.3) is 10.9 Å². The van der Waals surface area contributed by atoms with Crippen LogP contribution in [0.2, 0.25) is 0 Å². The molecule has 2 aromatic rings. The van der Waals surface area contributed by atoms with E-state index in [4.69, 9.17) is 0 Å². The van der Waals surface area contributed by atoms with Crippen molar-refractivity contribution in [1.82, 2.24) is 14.4 Å². The third kappa shape index (κ3) is 4.78. The Hall–Kier alpha value is -1.36. The molecule has 1 aromatic heterocycles. The van der Waals surface area contributed by atoms with Crippen LogP contribution in [0.1, 0.15) is 76.8 Å². The number of aromatic nitrogens is 1. The Morgan fingerprint density at radius 1 is 0.844 bits per heavy atom. The van der Waals surface area contributed by atoms with Gasteiger partial charge in [0.05, 0.1) is 6.10 Å². The van der Waals surface area contributed by atoms with Gasteiger partial charge in [0.15, 0.2) is 0 Å². The predicted octanol–water partition coefficient (Wildman–Crippen LogP) is 5.45. The van der Waals surface area contributed by atoms with Crippen LogP contribution in [-0.4, -0.2) is 57.8 Å². The Morgan fingerprint density at radius 2 is 1.53 bits per heavy atom. The summed E-state index contributed by atoms with van der Waals surface area (Å²) >= 11 is 0. The van der Waals surface area contributed by atoms with E-state index < -0.39 is 0 Å². The van der Waals surface area contributed by atoms with E-state index in [1.54, 1.807) is 0 Å². The molecule has 0 spiro atoms. The molecule has 2 aliphatic heterocycles. The monoisotopic (exact) mass is 437 g/mol. The lowest BCUT2D eigenvalue weighted by atomic mass is 9.79. The first-order valence-electron chi connectivity index (χ1n) is 13.3. The van der Waals surface area contributed by atoms with Crippen LogP contribution >= 0.6 is 0 Å². The summed E-state index contributed by atoms with van der Waals surface area (Å²) in [7, 11) is 0. The minimum Gasteiger partial charge on any atom is -0.393 e. The van der Waals surface area contributed by atoms with Crippen LogP contribution in [0.3, 0.4) is 0 Å². The lowest BCUT2D eigenvalue weighted by Gasteiger charge is -2.42. The normalized spacial score (nSPS) is 27.5. The van der Waals surface area contributed by atoms with Gasteiger partial charge in [-0.2, -0.15) is 0 Å². The third-order valence-electron chi connectivity index (χ3n) is 8.87. The standard InChI is InChI=1S/C28H43N3O/c1-21(2)22-7-9-24(10-8-22)30-17-11-25(12-18-30)31-20-23(27-5-3-4-6-28(27)31)19-29-15-13-26(32)14-16-29/h3-6,20-22,24-26,32H,7-19H2,1-2H3. The number of hydrogen-bond donors (Lipinski definition) is 1. The lowest BCUT2D eigenvalue weighted by Crippen LogP contribution is -2.43. The van der Waals surface area contributed by atoms with E-state index in [1.165, 1.54) is 68.1 Å². The minimum absolute atomic E-state index is 0.0989. The summed E-state index contributed by atoms with van der Waals surface area (Å²) in [6.45, 7) is 10.4. The van der Waals surface area contributed by atoms with Crippen LogP contribution < -0.4 is 0 Å².